The Hall–Kier alpha value is -2.17. The highest BCUT2D eigenvalue weighted by molar-refractivity contribution is 7.15. The Labute approximate surface area is 144 Å². The van der Waals surface area contributed by atoms with Crippen molar-refractivity contribution >= 4 is 34.0 Å². The first-order valence-electron chi connectivity index (χ1n) is 7.18. The van der Waals surface area contributed by atoms with Crippen LogP contribution in [0, 0.1) is 6.92 Å². The molecule has 116 valence electrons. The molecule has 0 bridgehead atoms. The van der Waals surface area contributed by atoms with Gasteiger partial charge < -0.3 is 0 Å². The lowest BCUT2D eigenvalue weighted by atomic mass is 10.1. The number of anilines is 1. The Balaban J connectivity index is 1.69. The minimum atomic E-state index is -0.244. The highest BCUT2D eigenvalue weighted by atomic mass is 35.5. The van der Waals surface area contributed by atoms with E-state index in [1.807, 2.05) is 0 Å². The molecule has 0 radical (unpaired) electrons. The lowest BCUT2D eigenvalue weighted by molar-refractivity contribution is 0.102. The third kappa shape index (κ3) is 3.97. The summed E-state index contributed by atoms with van der Waals surface area (Å²) < 4.78 is 0. The van der Waals surface area contributed by atoms with Crippen LogP contribution >= 0.6 is 22.9 Å². The quantitative estimate of drug-likeness (QED) is 0.729. The van der Waals surface area contributed by atoms with Crippen molar-refractivity contribution in [3.63, 3.8) is 0 Å². The molecule has 0 saturated heterocycles. The van der Waals surface area contributed by atoms with E-state index in [2.05, 4.69) is 41.5 Å². The summed E-state index contributed by atoms with van der Waals surface area (Å²) in [6.45, 7) is 2.07. The Morgan fingerprint density at radius 2 is 1.91 bits per heavy atom. The third-order valence-electron chi connectivity index (χ3n) is 3.39. The van der Waals surface area contributed by atoms with E-state index < -0.39 is 0 Å². The van der Waals surface area contributed by atoms with Crippen LogP contribution in [0.3, 0.4) is 0 Å². The molecule has 0 fully saturated rings. The van der Waals surface area contributed by atoms with Gasteiger partial charge in [0.1, 0.15) is 0 Å². The fourth-order valence-electron chi connectivity index (χ4n) is 2.16. The van der Waals surface area contributed by atoms with Gasteiger partial charge >= 0.3 is 0 Å². The number of thiazole rings is 1. The molecule has 0 unspecified atom stereocenters. The Bertz CT molecular complexity index is 827. The second-order valence-corrected chi connectivity index (χ2v) is 6.75. The Morgan fingerprint density at radius 1 is 1.17 bits per heavy atom. The zero-order valence-electron chi connectivity index (χ0n) is 12.5. The maximum atomic E-state index is 12.2. The van der Waals surface area contributed by atoms with E-state index in [0.717, 1.165) is 11.3 Å². The molecule has 0 spiro atoms. The molecule has 1 aromatic heterocycles. The zero-order valence-corrected chi connectivity index (χ0v) is 14.1. The highest BCUT2D eigenvalue weighted by Crippen LogP contribution is 2.23. The maximum Gasteiger partial charge on any atom is 0.258 e. The average molecular weight is 343 g/mol. The normalized spacial score (nSPS) is 10.5. The van der Waals surface area contributed by atoms with Crippen LogP contribution in [0.1, 0.15) is 26.4 Å². The predicted octanol–water partition coefficient (Wildman–Crippen LogP) is 4.95. The SMILES string of the molecule is Cc1ccc(Cc2cnc(NC(=O)c3ccccc3Cl)s2)cc1. The lowest BCUT2D eigenvalue weighted by Gasteiger charge is -2.03. The molecular weight excluding hydrogens is 328 g/mol. The fraction of sp³-hybridized carbons (Fsp3) is 0.111. The van der Waals surface area contributed by atoms with E-state index in [0.29, 0.717) is 15.7 Å². The lowest BCUT2D eigenvalue weighted by Crippen LogP contribution is -2.11. The molecule has 1 amide bonds. The van der Waals surface area contributed by atoms with Crippen LogP contribution in [-0.4, -0.2) is 10.9 Å². The van der Waals surface area contributed by atoms with E-state index >= 15 is 0 Å². The second-order valence-electron chi connectivity index (χ2n) is 5.23. The van der Waals surface area contributed by atoms with Gasteiger partial charge in [-0.25, -0.2) is 4.98 Å². The summed E-state index contributed by atoms with van der Waals surface area (Å²) in [7, 11) is 0. The fourth-order valence-corrected chi connectivity index (χ4v) is 3.23. The first kappa shape index (κ1) is 15.7. The van der Waals surface area contributed by atoms with Crippen molar-refractivity contribution in [1.29, 1.82) is 0 Å². The van der Waals surface area contributed by atoms with E-state index in [4.69, 9.17) is 11.6 Å². The third-order valence-corrected chi connectivity index (χ3v) is 4.63. The van der Waals surface area contributed by atoms with Crippen LogP contribution in [0.25, 0.3) is 0 Å². The molecule has 0 aliphatic carbocycles. The van der Waals surface area contributed by atoms with Gasteiger partial charge in [-0.05, 0) is 24.6 Å². The largest absolute Gasteiger partial charge is 0.298 e. The molecule has 23 heavy (non-hydrogen) atoms. The summed E-state index contributed by atoms with van der Waals surface area (Å²) in [4.78, 5) is 17.6. The van der Waals surface area contributed by atoms with Gasteiger partial charge in [0.25, 0.3) is 5.91 Å². The summed E-state index contributed by atoms with van der Waals surface area (Å²) in [5, 5.41) is 3.81. The topological polar surface area (TPSA) is 42.0 Å². The Kier molecular flexibility index (Phi) is 4.74. The van der Waals surface area contributed by atoms with Crippen LogP contribution in [-0.2, 0) is 6.42 Å². The van der Waals surface area contributed by atoms with Gasteiger partial charge in [0, 0.05) is 17.5 Å². The number of nitrogens with zero attached hydrogens (tertiary/aromatic N) is 1. The van der Waals surface area contributed by atoms with Crippen molar-refractivity contribution in [2.45, 2.75) is 13.3 Å². The number of carbonyl (C=O) groups is 1. The minimum Gasteiger partial charge on any atom is -0.298 e. The number of aromatic nitrogens is 1. The maximum absolute atomic E-state index is 12.2. The van der Waals surface area contributed by atoms with Gasteiger partial charge in [0.05, 0.1) is 10.6 Å². The standard InChI is InChI=1S/C18H15ClN2OS/c1-12-6-8-13(9-7-12)10-14-11-20-18(23-14)21-17(22)15-4-2-3-5-16(15)19/h2-9,11H,10H2,1H3,(H,20,21,22). The number of amides is 1. The van der Waals surface area contributed by atoms with Crippen LogP contribution in [0.4, 0.5) is 5.13 Å². The van der Waals surface area contributed by atoms with Crippen molar-refractivity contribution in [3.05, 3.63) is 81.3 Å². The van der Waals surface area contributed by atoms with E-state index in [-0.39, 0.29) is 5.91 Å². The predicted molar refractivity (Wildman–Crippen MR) is 95.5 cm³/mol. The van der Waals surface area contributed by atoms with Crippen LogP contribution in [0.15, 0.2) is 54.7 Å². The molecule has 0 aliphatic heterocycles. The second kappa shape index (κ2) is 6.94. The van der Waals surface area contributed by atoms with Gasteiger partial charge in [-0.3, -0.25) is 10.1 Å². The number of aryl methyl sites for hydroxylation is 1. The Morgan fingerprint density at radius 3 is 2.65 bits per heavy atom. The van der Waals surface area contributed by atoms with Crippen LogP contribution in [0.2, 0.25) is 5.02 Å². The van der Waals surface area contributed by atoms with Gasteiger partial charge in [0.2, 0.25) is 0 Å². The van der Waals surface area contributed by atoms with Crippen LogP contribution < -0.4 is 5.32 Å². The summed E-state index contributed by atoms with van der Waals surface area (Å²) in [6, 6.07) is 15.4. The molecule has 2 aromatic carbocycles. The van der Waals surface area contributed by atoms with Gasteiger partial charge in [0.15, 0.2) is 5.13 Å². The van der Waals surface area contributed by atoms with Gasteiger partial charge in [-0.2, -0.15) is 0 Å². The van der Waals surface area contributed by atoms with Crippen molar-refractivity contribution in [3.8, 4) is 0 Å². The number of benzene rings is 2. The summed E-state index contributed by atoms with van der Waals surface area (Å²) in [5.41, 5.74) is 2.92. The number of rotatable bonds is 4. The first-order valence-corrected chi connectivity index (χ1v) is 8.37. The minimum absolute atomic E-state index is 0.244. The van der Waals surface area contributed by atoms with Crippen LogP contribution in [0.5, 0.6) is 0 Å². The first-order chi connectivity index (χ1) is 11.1. The molecule has 3 aromatic rings. The molecule has 5 heteroatoms. The number of hydrogen-bond acceptors (Lipinski definition) is 3. The summed E-state index contributed by atoms with van der Waals surface area (Å²) in [5.74, 6) is -0.244. The summed E-state index contributed by atoms with van der Waals surface area (Å²) in [6.07, 6.45) is 2.60. The van der Waals surface area contributed by atoms with Crippen molar-refractivity contribution in [1.82, 2.24) is 4.98 Å². The van der Waals surface area contributed by atoms with Crippen molar-refractivity contribution < 1.29 is 4.79 Å². The van der Waals surface area contributed by atoms with E-state index in [1.165, 1.54) is 22.5 Å². The van der Waals surface area contributed by atoms with Crippen molar-refractivity contribution in [2.75, 3.05) is 5.32 Å². The summed E-state index contributed by atoms with van der Waals surface area (Å²) >= 11 is 7.51. The molecule has 0 saturated carbocycles. The van der Waals surface area contributed by atoms with Gasteiger partial charge in [-0.1, -0.05) is 53.6 Å². The highest BCUT2D eigenvalue weighted by Gasteiger charge is 2.12. The molecule has 3 nitrogen and oxygen atoms in total. The number of halogens is 1. The van der Waals surface area contributed by atoms with Gasteiger partial charge in [-0.15, -0.1) is 11.3 Å². The number of carbonyl (C=O) groups excluding carboxylic acids is 1. The zero-order chi connectivity index (χ0) is 16.2. The monoisotopic (exact) mass is 342 g/mol. The smallest absolute Gasteiger partial charge is 0.258 e. The van der Waals surface area contributed by atoms with E-state index in [9.17, 15) is 4.79 Å². The molecule has 0 atom stereocenters. The molecular formula is C18H15ClN2OS. The number of hydrogen-bond donors (Lipinski definition) is 1. The number of nitrogens with one attached hydrogen (secondary N) is 1. The molecule has 0 aliphatic rings. The molecule has 3 rings (SSSR count). The molecule has 1 heterocycles. The van der Waals surface area contributed by atoms with E-state index in [1.54, 1.807) is 30.5 Å². The average Bonchev–Trinajstić information content (AvgIpc) is 2.97. The van der Waals surface area contributed by atoms with Crippen molar-refractivity contribution in [2.24, 2.45) is 0 Å². The molecule has 1 N–H and O–H groups in total.